The lowest BCUT2D eigenvalue weighted by Gasteiger charge is -2.48. The van der Waals surface area contributed by atoms with Gasteiger partial charge in [-0.1, -0.05) is 12.1 Å². The molecule has 1 heterocycles. The molecule has 2 rings (SSSR count). The summed E-state index contributed by atoms with van der Waals surface area (Å²) < 4.78 is 5.34. The van der Waals surface area contributed by atoms with Gasteiger partial charge in [-0.25, -0.2) is 0 Å². The van der Waals surface area contributed by atoms with Crippen molar-refractivity contribution in [1.82, 2.24) is 4.90 Å². The molecule has 0 radical (unpaired) electrons. The van der Waals surface area contributed by atoms with Gasteiger partial charge < -0.3 is 14.7 Å². The minimum atomic E-state index is -0.148. The zero-order valence-electron chi connectivity index (χ0n) is 11.2. The predicted molar refractivity (Wildman–Crippen MR) is 75.0 cm³/mol. The Morgan fingerprint density at radius 3 is 2.28 bits per heavy atom. The largest absolute Gasteiger partial charge is 0.396 e. The lowest BCUT2D eigenvalue weighted by atomic mass is 9.75. The van der Waals surface area contributed by atoms with Gasteiger partial charge in [0.05, 0.1) is 25.2 Å². The number of aliphatic hydroxyl groups excluding tert-OH is 1. The van der Waals surface area contributed by atoms with E-state index in [9.17, 15) is 5.11 Å². The van der Waals surface area contributed by atoms with Gasteiger partial charge in [-0.3, -0.25) is 0 Å². The van der Waals surface area contributed by atoms with Gasteiger partial charge in [0.2, 0.25) is 0 Å². The molecule has 0 bridgehead atoms. The van der Waals surface area contributed by atoms with Gasteiger partial charge >= 0.3 is 0 Å². The standard InChI is InChI=1S/C14H21NO2S/c1-15(2)13(14(8-16)9-17-10-14)11-4-6-12(18-3)7-5-11/h4-7,13,16H,8-10H2,1-3H3. The Balaban J connectivity index is 2.29. The zero-order valence-corrected chi connectivity index (χ0v) is 12.0. The molecule has 1 aliphatic heterocycles. The van der Waals surface area contributed by atoms with Crippen LogP contribution in [0.5, 0.6) is 0 Å². The molecule has 0 amide bonds. The molecule has 1 unspecified atom stereocenters. The maximum atomic E-state index is 9.71. The molecule has 1 aromatic rings. The van der Waals surface area contributed by atoms with Gasteiger partial charge in [-0.2, -0.15) is 0 Å². The van der Waals surface area contributed by atoms with Crippen molar-refractivity contribution in [2.75, 3.05) is 40.2 Å². The number of benzene rings is 1. The molecular weight excluding hydrogens is 246 g/mol. The summed E-state index contributed by atoms with van der Waals surface area (Å²) in [6, 6.07) is 8.80. The molecule has 1 saturated heterocycles. The first-order valence-corrected chi connectivity index (χ1v) is 7.34. The molecule has 1 aliphatic rings. The third kappa shape index (κ3) is 2.43. The van der Waals surface area contributed by atoms with Gasteiger partial charge in [0.25, 0.3) is 0 Å². The average Bonchev–Trinajstić information content (AvgIpc) is 2.33. The Bertz CT molecular complexity index is 382. The second-order valence-corrected chi connectivity index (χ2v) is 6.03. The Morgan fingerprint density at radius 1 is 1.33 bits per heavy atom. The van der Waals surface area contributed by atoms with E-state index in [0.29, 0.717) is 13.2 Å². The average molecular weight is 267 g/mol. The molecule has 0 aromatic heterocycles. The Hall–Kier alpha value is -0.550. The number of hydrogen-bond acceptors (Lipinski definition) is 4. The van der Waals surface area contributed by atoms with Gasteiger partial charge in [-0.05, 0) is 38.0 Å². The van der Waals surface area contributed by atoms with Gasteiger partial charge in [0.15, 0.2) is 0 Å². The third-order valence-electron chi connectivity index (χ3n) is 3.62. The van der Waals surface area contributed by atoms with E-state index in [2.05, 4.69) is 49.5 Å². The fraction of sp³-hybridized carbons (Fsp3) is 0.571. The van der Waals surface area contributed by atoms with Crippen LogP contribution in [0.3, 0.4) is 0 Å². The van der Waals surface area contributed by atoms with Crippen LogP contribution < -0.4 is 0 Å². The minimum absolute atomic E-state index is 0.148. The fourth-order valence-electron chi connectivity index (χ4n) is 2.69. The number of nitrogens with zero attached hydrogens (tertiary/aromatic N) is 1. The number of ether oxygens (including phenoxy) is 1. The van der Waals surface area contributed by atoms with E-state index in [0.717, 1.165) is 0 Å². The van der Waals surface area contributed by atoms with Crippen LogP contribution in [0, 0.1) is 5.41 Å². The zero-order chi connectivity index (χ0) is 13.2. The van der Waals surface area contributed by atoms with E-state index >= 15 is 0 Å². The predicted octanol–water partition coefficient (Wildman–Crippen LogP) is 2.02. The molecular formula is C14H21NO2S. The molecule has 0 spiro atoms. The van der Waals surface area contributed by atoms with Gasteiger partial charge in [0, 0.05) is 10.9 Å². The van der Waals surface area contributed by atoms with Crippen LogP contribution in [0.25, 0.3) is 0 Å². The highest BCUT2D eigenvalue weighted by atomic mass is 32.2. The summed E-state index contributed by atoms with van der Waals surface area (Å²) >= 11 is 1.74. The SMILES string of the molecule is CSc1ccc(C(N(C)C)C2(CO)COC2)cc1. The second-order valence-electron chi connectivity index (χ2n) is 5.15. The summed E-state index contributed by atoms with van der Waals surface area (Å²) in [5, 5.41) is 9.71. The summed E-state index contributed by atoms with van der Waals surface area (Å²) in [6.07, 6.45) is 2.08. The molecule has 18 heavy (non-hydrogen) atoms. The van der Waals surface area contributed by atoms with Crippen LogP contribution in [0.2, 0.25) is 0 Å². The summed E-state index contributed by atoms with van der Waals surface area (Å²) in [7, 11) is 4.12. The number of aliphatic hydroxyl groups is 1. The lowest BCUT2D eigenvalue weighted by molar-refractivity contribution is -0.172. The van der Waals surface area contributed by atoms with Crippen LogP contribution in [-0.4, -0.2) is 50.2 Å². The lowest BCUT2D eigenvalue weighted by Crippen LogP contribution is -2.53. The van der Waals surface area contributed by atoms with Crippen molar-refractivity contribution in [2.45, 2.75) is 10.9 Å². The second kappa shape index (κ2) is 5.61. The van der Waals surface area contributed by atoms with Crippen LogP contribution >= 0.6 is 11.8 Å². The first kappa shape index (κ1) is 13.9. The first-order valence-electron chi connectivity index (χ1n) is 6.12. The minimum Gasteiger partial charge on any atom is -0.396 e. The highest BCUT2D eigenvalue weighted by Gasteiger charge is 2.47. The molecule has 1 aromatic carbocycles. The highest BCUT2D eigenvalue weighted by Crippen LogP contribution is 2.43. The van der Waals surface area contributed by atoms with Crippen molar-refractivity contribution in [2.24, 2.45) is 5.41 Å². The Kier molecular flexibility index (Phi) is 4.33. The fourth-order valence-corrected chi connectivity index (χ4v) is 3.09. The molecule has 1 N–H and O–H groups in total. The van der Waals surface area contributed by atoms with Crippen molar-refractivity contribution in [1.29, 1.82) is 0 Å². The van der Waals surface area contributed by atoms with E-state index < -0.39 is 0 Å². The molecule has 1 atom stereocenters. The maximum Gasteiger partial charge on any atom is 0.0598 e. The van der Waals surface area contributed by atoms with Gasteiger partial charge in [-0.15, -0.1) is 11.8 Å². The van der Waals surface area contributed by atoms with Gasteiger partial charge in [0.1, 0.15) is 0 Å². The molecule has 0 aliphatic carbocycles. The summed E-state index contributed by atoms with van der Waals surface area (Å²) in [4.78, 5) is 3.44. The molecule has 0 saturated carbocycles. The van der Waals surface area contributed by atoms with Crippen LogP contribution in [0.1, 0.15) is 11.6 Å². The van der Waals surface area contributed by atoms with E-state index in [-0.39, 0.29) is 18.1 Å². The van der Waals surface area contributed by atoms with E-state index in [4.69, 9.17) is 4.74 Å². The smallest absolute Gasteiger partial charge is 0.0598 e. The molecule has 100 valence electrons. The van der Waals surface area contributed by atoms with Crippen molar-refractivity contribution < 1.29 is 9.84 Å². The summed E-state index contributed by atoms with van der Waals surface area (Å²) in [5.41, 5.74) is 1.10. The third-order valence-corrected chi connectivity index (χ3v) is 4.37. The molecule has 3 nitrogen and oxygen atoms in total. The number of rotatable bonds is 5. The Morgan fingerprint density at radius 2 is 1.94 bits per heavy atom. The van der Waals surface area contributed by atoms with E-state index in [1.54, 1.807) is 11.8 Å². The van der Waals surface area contributed by atoms with Crippen molar-refractivity contribution in [3.63, 3.8) is 0 Å². The molecule has 1 fully saturated rings. The highest BCUT2D eigenvalue weighted by molar-refractivity contribution is 7.98. The van der Waals surface area contributed by atoms with Crippen molar-refractivity contribution >= 4 is 11.8 Å². The number of hydrogen-bond donors (Lipinski definition) is 1. The monoisotopic (exact) mass is 267 g/mol. The maximum absolute atomic E-state index is 9.71. The normalized spacial score (nSPS) is 19.6. The first-order chi connectivity index (χ1) is 8.63. The topological polar surface area (TPSA) is 32.7 Å². The van der Waals surface area contributed by atoms with Crippen LogP contribution in [0.15, 0.2) is 29.2 Å². The van der Waals surface area contributed by atoms with Crippen LogP contribution in [-0.2, 0) is 4.74 Å². The number of thioether (sulfide) groups is 1. The summed E-state index contributed by atoms with van der Waals surface area (Å²) in [6.45, 7) is 1.44. The summed E-state index contributed by atoms with van der Waals surface area (Å²) in [5.74, 6) is 0. The van der Waals surface area contributed by atoms with Crippen molar-refractivity contribution in [3.05, 3.63) is 29.8 Å². The van der Waals surface area contributed by atoms with Crippen molar-refractivity contribution in [3.8, 4) is 0 Å². The van der Waals surface area contributed by atoms with Crippen LogP contribution in [0.4, 0.5) is 0 Å². The van der Waals surface area contributed by atoms with E-state index in [1.165, 1.54) is 10.5 Å². The molecule has 4 heteroatoms. The Labute approximate surface area is 113 Å². The van der Waals surface area contributed by atoms with E-state index in [1.807, 2.05) is 0 Å². The quantitative estimate of drug-likeness (QED) is 0.827.